The van der Waals surface area contributed by atoms with E-state index in [1.807, 2.05) is 63.2 Å². The summed E-state index contributed by atoms with van der Waals surface area (Å²) < 4.78 is 11.8. The van der Waals surface area contributed by atoms with E-state index in [2.05, 4.69) is 28.2 Å². The van der Waals surface area contributed by atoms with Gasteiger partial charge in [0.15, 0.2) is 0 Å². The Bertz CT molecular complexity index is 940. The van der Waals surface area contributed by atoms with Crippen molar-refractivity contribution in [1.82, 2.24) is 4.90 Å². The van der Waals surface area contributed by atoms with E-state index in [1.54, 1.807) is 14.2 Å². The summed E-state index contributed by atoms with van der Waals surface area (Å²) in [5.74, 6) is 0.942. The van der Waals surface area contributed by atoms with Gasteiger partial charge in [0.05, 0.1) is 7.11 Å². The molecule has 0 radical (unpaired) electrons. The number of nitrogens with zero attached hydrogens (tertiary/aromatic N) is 1. The molecule has 6 nitrogen and oxygen atoms in total. The predicted molar refractivity (Wildman–Crippen MR) is 131 cm³/mol. The third-order valence-electron chi connectivity index (χ3n) is 4.87. The van der Waals surface area contributed by atoms with Crippen molar-refractivity contribution in [3.63, 3.8) is 0 Å². The van der Waals surface area contributed by atoms with E-state index < -0.39 is 5.60 Å². The quantitative estimate of drug-likeness (QED) is 0.454. The molecule has 1 atom stereocenters. The minimum atomic E-state index is -0.543. The van der Waals surface area contributed by atoms with Crippen LogP contribution in [-0.2, 0) is 16.1 Å². The Labute approximate surface area is 199 Å². The van der Waals surface area contributed by atoms with Gasteiger partial charge in [0, 0.05) is 30.2 Å². The fraction of sp³-hybridized carbons (Fsp3) is 0.440. The van der Waals surface area contributed by atoms with Gasteiger partial charge in [-0.3, -0.25) is 4.79 Å². The van der Waals surface area contributed by atoms with Crippen molar-refractivity contribution in [3.8, 4) is 5.75 Å². The fourth-order valence-corrected chi connectivity index (χ4v) is 3.58. The predicted octanol–water partition coefficient (Wildman–Crippen LogP) is 6.35. The lowest BCUT2D eigenvalue weighted by molar-refractivity contribution is -0.116. The van der Waals surface area contributed by atoms with E-state index in [0.717, 1.165) is 21.3 Å². The second-order valence-electron chi connectivity index (χ2n) is 8.91. The second kappa shape index (κ2) is 11.4. The molecule has 0 saturated heterocycles. The van der Waals surface area contributed by atoms with Crippen molar-refractivity contribution in [1.29, 1.82) is 0 Å². The van der Waals surface area contributed by atoms with Gasteiger partial charge < -0.3 is 19.7 Å². The van der Waals surface area contributed by atoms with Gasteiger partial charge in [-0.05, 0) is 68.5 Å². The molecule has 0 heterocycles. The first-order valence-corrected chi connectivity index (χ1v) is 11.4. The number of carbonyl (C=O) groups is 2. The summed E-state index contributed by atoms with van der Waals surface area (Å²) in [6.07, 6.45) is 0.706. The molecule has 1 N–H and O–H groups in total. The maximum Gasteiger partial charge on any atom is 0.410 e. The Morgan fingerprint density at radius 2 is 1.88 bits per heavy atom. The Morgan fingerprint density at radius 3 is 2.53 bits per heavy atom. The normalized spacial score (nSPS) is 12.1. The maximum absolute atomic E-state index is 12.5. The number of hydrogen-bond donors (Lipinski definition) is 1. The number of halogens is 1. The summed E-state index contributed by atoms with van der Waals surface area (Å²) in [5, 5.41) is 2.96. The Balaban J connectivity index is 1.92. The van der Waals surface area contributed by atoms with Crippen molar-refractivity contribution >= 4 is 33.6 Å². The maximum atomic E-state index is 12.5. The van der Waals surface area contributed by atoms with Gasteiger partial charge in [-0.2, -0.15) is 0 Å². The first-order chi connectivity index (χ1) is 15.0. The average Bonchev–Trinajstić information content (AvgIpc) is 2.70. The molecule has 0 unspecified atom stereocenters. The van der Waals surface area contributed by atoms with Gasteiger partial charge in [0.2, 0.25) is 5.91 Å². The lowest BCUT2D eigenvalue weighted by atomic mass is 9.95. The molecule has 7 heteroatoms. The van der Waals surface area contributed by atoms with Gasteiger partial charge in [-0.25, -0.2) is 4.79 Å². The zero-order chi connectivity index (χ0) is 23.9. The lowest BCUT2D eigenvalue weighted by Gasteiger charge is -2.24. The fourth-order valence-electron chi connectivity index (χ4n) is 3.24. The second-order valence-corrected chi connectivity index (χ2v) is 9.83. The summed E-state index contributed by atoms with van der Waals surface area (Å²) in [4.78, 5) is 26.2. The molecule has 0 aliphatic rings. The topological polar surface area (TPSA) is 67.9 Å². The summed E-state index contributed by atoms with van der Waals surface area (Å²) >= 11 is 3.45. The Hall–Kier alpha value is -2.54. The highest BCUT2D eigenvalue weighted by Gasteiger charge is 2.20. The number of anilines is 1. The molecule has 2 aromatic rings. The van der Waals surface area contributed by atoms with E-state index in [4.69, 9.17) is 9.47 Å². The van der Waals surface area contributed by atoms with E-state index in [1.165, 1.54) is 4.90 Å². The number of amides is 2. The highest BCUT2D eigenvalue weighted by molar-refractivity contribution is 9.10. The van der Waals surface area contributed by atoms with Crippen LogP contribution in [0.3, 0.4) is 0 Å². The van der Waals surface area contributed by atoms with Crippen LogP contribution in [-0.4, -0.2) is 36.7 Å². The molecule has 0 aliphatic carbocycles. The van der Waals surface area contributed by atoms with Crippen LogP contribution in [0.4, 0.5) is 10.5 Å². The number of methoxy groups -OCH3 is 1. The van der Waals surface area contributed by atoms with E-state index in [9.17, 15) is 9.59 Å². The van der Waals surface area contributed by atoms with Crippen molar-refractivity contribution in [2.75, 3.05) is 19.5 Å². The van der Waals surface area contributed by atoms with Crippen LogP contribution in [0.1, 0.15) is 57.6 Å². The van der Waals surface area contributed by atoms with Crippen LogP contribution in [0.5, 0.6) is 5.75 Å². The third kappa shape index (κ3) is 8.19. The molecular weight excluding hydrogens is 472 g/mol. The molecule has 2 amide bonds. The van der Waals surface area contributed by atoms with Gasteiger partial charge in [-0.15, -0.1) is 0 Å². The van der Waals surface area contributed by atoms with Crippen molar-refractivity contribution in [2.24, 2.45) is 0 Å². The number of hydrogen-bond acceptors (Lipinski definition) is 4. The van der Waals surface area contributed by atoms with Crippen LogP contribution >= 0.6 is 15.9 Å². The minimum Gasteiger partial charge on any atom is -0.496 e. The van der Waals surface area contributed by atoms with Crippen LogP contribution in [0.25, 0.3) is 0 Å². The van der Waals surface area contributed by atoms with Crippen LogP contribution in [0.2, 0.25) is 0 Å². The third-order valence-corrected chi connectivity index (χ3v) is 5.36. The minimum absolute atomic E-state index is 0.0504. The van der Waals surface area contributed by atoms with E-state index >= 15 is 0 Å². The highest BCUT2D eigenvalue weighted by atomic mass is 79.9. The Kier molecular flexibility index (Phi) is 9.13. The van der Waals surface area contributed by atoms with Crippen molar-refractivity contribution < 1.29 is 19.1 Å². The molecule has 2 aromatic carbocycles. The number of carbonyl (C=O) groups excluding carboxylic acids is 2. The van der Waals surface area contributed by atoms with Gasteiger partial charge in [-0.1, -0.05) is 41.1 Å². The Morgan fingerprint density at radius 1 is 1.16 bits per heavy atom. The first-order valence-electron chi connectivity index (χ1n) is 10.6. The standard InChI is InChI=1S/C25H33BrN2O4/c1-17(21-12-11-19(26)15-22(21)31-6)10-13-23(29)27-20-9-7-8-18(14-20)16-28(5)24(30)32-25(2,3)4/h7-9,11-12,14-15,17H,10,13,16H2,1-6H3,(H,27,29)/t17-/m0/s1. The van der Waals surface area contributed by atoms with E-state index in [-0.39, 0.29) is 17.9 Å². The number of ether oxygens (including phenoxy) is 2. The molecule has 32 heavy (non-hydrogen) atoms. The van der Waals surface area contributed by atoms with Crippen LogP contribution in [0, 0.1) is 0 Å². The summed E-state index contributed by atoms with van der Waals surface area (Å²) in [5.41, 5.74) is 2.15. The molecule has 0 fully saturated rings. The van der Waals surface area contributed by atoms with E-state index in [0.29, 0.717) is 25.1 Å². The zero-order valence-electron chi connectivity index (χ0n) is 19.7. The lowest BCUT2D eigenvalue weighted by Crippen LogP contribution is -2.33. The first kappa shape index (κ1) is 25.7. The SMILES string of the molecule is COc1cc(Br)ccc1[C@@H](C)CCC(=O)Nc1cccc(CN(C)C(=O)OC(C)(C)C)c1. The number of rotatable bonds is 8. The highest BCUT2D eigenvalue weighted by Crippen LogP contribution is 2.32. The van der Waals surface area contributed by atoms with Gasteiger partial charge >= 0.3 is 6.09 Å². The molecule has 2 rings (SSSR count). The van der Waals surface area contributed by atoms with Crippen LogP contribution < -0.4 is 10.1 Å². The molecule has 0 aliphatic heterocycles. The van der Waals surface area contributed by atoms with Crippen molar-refractivity contribution in [3.05, 3.63) is 58.1 Å². The van der Waals surface area contributed by atoms with Gasteiger partial charge in [0.25, 0.3) is 0 Å². The zero-order valence-corrected chi connectivity index (χ0v) is 21.3. The number of benzene rings is 2. The summed E-state index contributed by atoms with van der Waals surface area (Å²) in [6, 6.07) is 13.4. The molecule has 0 saturated carbocycles. The average molecular weight is 505 g/mol. The summed E-state index contributed by atoms with van der Waals surface area (Å²) in [6.45, 7) is 7.99. The summed E-state index contributed by atoms with van der Waals surface area (Å²) in [7, 11) is 3.34. The molecule has 0 spiro atoms. The molecule has 0 aromatic heterocycles. The smallest absolute Gasteiger partial charge is 0.410 e. The molecule has 174 valence electrons. The van der Waals surface area contributed by atoms with Gasteiger partial charge in [0.1, 0.15) is 11.4 Å². The van der Waals surface area contributed by atoms with Crippen LogP contribution in [0.15, 0.2) is 46.9 Å². The monoisotopic (exact) mass is 504 g/mol. The number of nitrogens with one attached hydrogen (secondary N) is 1. The molecule has 0 bridgehead atoms. The largest absolute Gasteiger partial charge is 0.496 e. The molecular formula is C25H33BrN2O4. The van der Waals surface area contributed by atoms with Crippen molar-refractivity contribution in [2.45, 2.75) is 58.6 Å².